The van der Waals surface area contributed by atoms with Crippen LogP contribution < -0.4 is 10.9 Å². The van der Waals surface area contributed by atoms with Crippen molar-refractivity contribution in [1.29, 1.82) is 0 Å². The third-order valence-corrected chi connectivity index (χ3v) is 3.88. The van der Waals surface area contributed by atoms with E-state index in [0.29, 0.717) is 16.9 Å². The normalized spacial score (nSPS) is 11.0. The number of benzene rings is 1. The summed E-state index contributed by atoms with van der Waals surface area (Å²) in [5, 5.41) is 3.34. The highest BCUT2D eigenvalue weighted by molar-refractivity contribution is 5.91. The van der Waals surface area contributed by atoms with E-state index in [4.69, 9.17) is 0 Å². The lowest BCUT2D eigenvalue weighted by Gasteiger charge is -2.11. The number of nitrogens with one attached hydrogen (secondary N) is 2. The molecule has 24 heavy (non-hydrogen) atoms. The molecule has 0 bridgehead atoms. The molecule has 0 aliphatic carbocycles. The quantitative estimate of drug-likeness (QED) is 0.777. The summed E-state index contributed by atoms with van der Waals surface area (Å²) >= 11 is 0. The molecule has 0 saturated carbocycles. The first kappa shape index (κ1) is 16.0. The number of nitrogens with zero attached hydrogens (tertiary/aromatic N) is 2. The molecule has 6 heteroatoms. The number of fused-ring (bicyclic) bond motifs is 1. The fourth-order valence-electron chi connectivity index (χ4n) is 2.92. The topological polar surface area (TPSA) is 79.8 Å². The average molecular weight is 324 g/mol. The SMILES string of the molecule is Cc1cc(C)cc(NC(=O)Cn2c(C)nc3[nH]c(C)cc3c2=O)c1. The van der Waals surface area contributed by atoms with Crippen molar-refractivity contribution in [3.8, 4) is 0 Å². The molecule has 0 saturated heterocycles. The first-order valence-electron chi connectivity index (χ1n) is 7.78. The predicted molar refractivity (Wildman–Crippen MR) is 94.4 cm³/mol. The molecule has 0 fully saturated rings. The van der Waals surface area contributed by atoms with Crippen LogP contribution in [0.1, 0.15) is 22.6 Å². The number of hydrogen-bond donors (Lipinski definition) is 2. The molecule has 0 radical (unpaired) electrons. The minimum absolute atomic E-state index is 0.0647. The second-order valence-electron chi connectivity index (χ2n) is 6.19. The number of carbonyl (C=O) groups is 1. The molecule has 6 nitrogen and oxygen atoms in total. The summed E-state index contributed by atoms with van der Waals surface area (Å²) in [5.41, 5.74) is 4.09. The van der Waals surface area contributed by atoms with Crippen LogP contribution in [0.2, 0.25) is 0 Å². The number of rotatable bonds is 3. The van der Waals surface area contributed by atoms with Crippen molar-refractivity contribution >= 4 is 22.6 Å². The smallest absolute Gasteiger partial charge is 0.263 e. The van der Waals surface area contributed by atoms with E-state index in [-0.39, 0.29) is 18.0 Å². The van der Waals surface area contributed by atoms with E-state index >= 15 is 0 Å². The Morgan fingerprint density at radius 3 is 2.46 bits per heavy atom. The molecule has 124 valence electrons. The van der Waals surface area contributed by atoms with Gasteiger partial charge in [0.05, 0.1) is 5.39 Å². The van der Waals surface area contributed by atoms with Crippen LogP contribution in [-0.4, -0.2) is 20.4 Å². The lowest BCUT2D eigenvalue weighted by Crippen LogP contribution is -2.30. The zero-order chi connectivity index (χ0) is 17.4. The summed E-state index contributed by atoms with van der Waals surface area (Å²) in [7, 11) is 0. The van der Waals surface area contributed by atoms with Gasteiger partial charge in [0.2, 0.25) is 5.91 Å². The summed E-state index contributed by atoms with van der Waals surface area (Å²) in [5.74, 6) is 0.253. The minimum Gasteiger partial charge on any atom is -0.343 e. The van der Waals surface area contributed by atoms with Crippen LogP contribution in [0.4, 0.5) is 5.69 Å². The number of aromatic amines is 1. The second-order valence-corrected chi connectivity index (χ2v) is 6.19. The van der Waals surface area contributed by atoms with Crippen LogP contribution >= 0.6 is 0 Å². The van der Waals surface area contributed by atoms with E-state index in [1.165, 1.54) is 4.57 Å². The minimum atomic E-state index is -0.251. The van der Waals surface area contributed by atoms with Gasteiger partial charge in [0.1, 0.15) is 18.0 Å². The molecule has 2 N–H and O–H groups in total. The van der Waals surface area contributed by atoms with E-state index in [1.54, 1.807) is 13.0 Å². The molecular formula is C18H20N4O2. The van der Waals surface area contributed by atoms with Crippen molar-refractivity contribution in [2.24, 2.45) is 0 Å². The van der Waals surface area contributed by atoms with Crippen LogP contribution in [0.5, 0.6) is 0 Å². The highest BCUT2D eigenvalue weighted by Crippen LogP contribution is 2.14. The van der Waals surface area contributed by atoms with Crippen LogP contribution in [-0.2, 0) is 11.3 Å². The number of carbonyl (C=O) groups excluding carboxylic acids is 1. The molecule has 2 heterocycles. The van der Waals surface area contributed by atoms with Gasteiger partial charge in [-0.2, -0.15) is 0 Å². The Morgan fingerprint density at radius 1 is 1.12 bits per heavy atom. The van der Waals surface area contributed by atoms with Crippen LogP contribution in [0, 0.1) is 27.7 Å². The van der Waals surface area contributed by atoms with Gasteiger partial charge in [-0.15, -0.1) is 0 Å². The molecule has 0 atom stereocenters. The lowest BCUT2D eigenvalue weighted by molar-refractivity contribution is -0.116. The van der Waals surface area contributed by atoms with Crippen LogP contribution in [0.15, 0.2) is 29.1 Å². The molecule has 2 aromatic heterocycles. The van der Waals surface area contributed by atoms with E-state index in [9.17, 15) is 9.59 Å². The molecule has 0 spiro atoms. The average Bonchev–Trinajstić information content (AvgIpc) is 2.83. The Bertz CT molecular complexity index is 978. The number of H-pyrrole nitrogens is 1. The number of anilines is 1. The first-order valence-corrected chi connectivity index (χ1v) is 7.78. The third kappa shape index (κ3) is 3.08. The van der Waals surface area contributed by atoms with Crippen molar-refractivity contribution in [2.75, 3.05) is 5.32 Å². The Morgan fingerprint density at radius 2 is 1.79 bits per heavy atom. The maximum Gasteiger partial charge on any atom is 0.263 e. The largest absolute Gasteiger partial charge is 0.343 e. The number of aryl methyl sites for hydroxylation is 4. The maximum absolute atomic E-state index is 12.6. The zero-order valence-electron chi connectivity index (χ0n) is 14.2. The van der Waals surface area contributed by atoms with Crippen molar-refractivity contribution in [2.45, 2.75) is 34.2 Å². The highest BCUT2D eigenvalue weighted by Gasteiger charge is 2.13. The molecule has 3 rings (SSSR count). The van der Waals surface area contributed by atoms with Gasteiger partial charge in [0, 0.05) is 11.4 Å². The van der Waals surface area contributed by atoms with Gasteiger partial charge in [0.15, 0.2) is 0 Å². The summed E-state index contributed by atoms with van der Waals surface area (Å²) in [6.07, 6.45) is 0. The van der Waals surface area contributed by atoms with E-state index < -0.39 is 0 Å². The van der Waals surface area contributed by atoms with Crippen molar-refractivity contribution in [3.05, 3.63) is 57.3 Å². The van der Waals surface area contributed by atoms with Crippen LogP contribution in [0.3, 0.4) is 0 Å². The molecule has 1 aromatic carbocycles. The first-order chi connectivity index (χ1) is 11.3. The Balaban J connectivity index is 1.89. The zero-order valence-corrected chi connectivity index (χ0v) is 14.2. The van der Waals surface area contributed by atoms with Crippen LogP contribution in [0.25, 0.3) is 11.0 Å². The lowest BCUT2D eigenvalue weighted by atomic mass is 10.1. The second kappa shape index (κ2) is 5.96. The van der Waals surface area contributed by atoms with Crippen molar-refractivity contribution < 1.29 is 4.79 Å². The Hall–Kier alpha value is -2.89. The van der Waals surface area contributed by atoms with Gasteiger partial charge in [-0.25, -0.2) is 4.98 Å². The number of aromatic nitrogens is 3. The summed E-state index contributed by atoms with van der Waals surface area (Å²) < 4.78 is 1.40. The summed E-state index contributed by atoms with van der Waals surface area (Å²) in [6, 6.07) is 7.59. The van der Waals surface area contributed by atoms with Crippen molar-refractivity contribution in [1.82, 2.24) is 14.5 Å². The monoisotopic (exact) mass is 324 g/mol. The van der Waals surface area contributed by atoms with Gasteiger partial charge in [-0.1, -0.05) is 6.07 Å². The molecule has 3 aromatic rings. The van der Waals surface area contributed by atoms with E-state index in [0.717, 1.165) is 22.5 Å². The highest BCUT2D eigenvalue weighted by atomic mass is 16.2. The Labute approximate surface area is 139 Å². The van der Waals surface area contributed by atoms with Gasteiger partial charge < -0.3 is 10.3 Å². The fraction of sp³-hybridized carbons (Fsp3) is 0.278. The third-order valence-electron chi connectivity index (χ3n) is 3.88. The molecule has 1 amide bonds. The van der Waals surface area contributed by atoms with Gasteiger partial charge >= 0.3 is 0 Å². The Kier molecular flexibility index (Phi) is 3.97. The van der Waals surface area contributed by atoms with Gasteiger partial charge in [0.25, 0.3) is 5.56 Å². The van der Waals surface area contributed by atoms with E-state index in [1.807, 2.05) is 39.0 Å². The predicted octanol–water partition coefficient (Wildman–Crippen LogP) is 2.60. The van der Waals surface area contributed by atoms with Gasteiger partial charge in [-0.3, -0.25) is 14.2 Å². The summed E-state index contributed by atoms with van der Waals surface area (Å²) in [6.45, 7) is 7.48. The molecule has 0 aliphatic heterocycles. The van der Waals surface area contributed by atoms with E-state index in [2.05, 4.69) is 15.3 Å². The summed E-state index contributed by atoms with van der Waals surface area (Å²) in [4.78, 5) is 32.3. The van der Waals surface area contributed by atoms with Crippen molar-refractivity contribution in [3.63, 3.8) is 0 Å². The number of hydrogen-bond acceptors (Lipinski definition) is 3. The number of amides is 1. The van der Waals surface area contributed by atoms with Gasteiger partial charge in [-0.05, 0) is 57.0 Å². The molecule has 0 aliphatic rings. The fourth-order valence-corrected chi connectivity index (χ4v) is 2.92. The standard InChI is InChI=1S/C18H20N4O2/c1-10-5-11(2)7-14(6-10)21-16(23)9-22-13(4)20-17-15(18(22)24)8-12(3)19-17/h5-8,19H,9H2,1-4H3,(H,21,23). The maximum atomic E-state index is 12.6. The molecular weight excluding hydrogens is 304 g/mol. The molecule has 0 unspecified atom stereocenters.